The van der Waals surface area contributed by atoms with Crippen LogP contribution in [0, 0.1) is 6.92 Å². The molecule has 1 unspecified atom stereocenters. The van der Waals surface area contributed by atoms with E-state index in [1.54, 1.807) is 4.90 Å². The molecule has 1 N–H and O–H groups in total. The number of carbonyl (C=O) groups is 1. The van der Waals surface area contributed by atoms with Crippen molar-refractivity contribution in [2.75, 3.05) is 26.7 Å². The molecule has 1 aromatic heterocycles. The molecule has 0 aromatic carbocycles. The van der Waals surface area contributed by atoms with Crippen LogP contribution in [0.5, 0.6) is 0 Å². The molecular weight excluding hydrogens is 242 g/mol. The molecule has 5 nitrogen and oxygen atoms in total. The van der Waals surface area contributed by atoms with Gasteiger partial charge in [-0.2, -0.15) is 0 Å². The highest BCUT2D eigenvalue weighted by Crippen LogP contribution is 2.07. The highest BCUT2D eigenvalue weighted by atomic mass is 16.5. The fourth-order valence-corrected chi connectivity index (χ4v) is 2.12. The highest BCUT2D eigenvalue weighted by molar-refractivity contribution is 5.76. The molecule has 1 amide bonds. The van der Waals surface area contributed by atoms with E-state index < -0.39 is 0 Å². The number of ether oxygens (including phenoxy) is 1. The molecule has 1 aliphatic heterocycles. The Morgan fingerprint density at radius 1 is 1.58 bits per heavy atom. The summed E-state index contributed by atoms with van der Waals surface area (Å²) in [4.78, 5) is 18.2. The number of aromatic nitrogens is 1. The van der Waals surface area contributed by atoms with Crippen molar-refractivity contribution in [2.45, 2.75) is 26.0 Å². The minimum atomic E-state index is -0.00540. The highest BCUT2D eigenvalue weighted by Gasteiger charge is 2.19. The molecule has 0 spiro atoms. The van der Waals surface area contributed by atoms with E-state index in [0.29, 0.717) is 19.6 Å². The maximum absolute atomic E-state index is 12.1. The molecule has 0 saturated carbocycles. The number of morpholine rings is 1. The van der Waals surface area contributed by atoms with Gasteiger partial charge in [0.05, 0.1) is 31.4 Å². The average Bonchev–Trinajstić information content (AvgIpc) is 2.40. The third-order valence-electron chi connectivity index (χ3n) is 3.18. The first-order valence-corrected chi connectivity index (χ1v) is 6.64. The van der Waals surface area contributed by atoms with Crippen molar-refractivity contribution >= 4 is 5.91 Å². The van der Waals surface area contributed by atoms with Crippen LogP contribution in [0.3, 0.4) is 0 Å². The minimum Gasteiger partial charge on any atom is -0.375 e. The number of carbonyl (C=O) groups excluding carboxylic acids is 1. The van der Waals surface area contributed by atoms with Gasteiger partial charge in [-0.25, -0.2) is 0 Å². The Labute approximate surface area is 114 Å². The molecule has 1 aliphatic rings. The molecular formula is C14H21N3O2. The van der Waals surface area contributed by atoms with Crippen molar-refractivity contribution in [3.63, 3.8) is 0 Å². The first-order chi connectivity index (χ1) is 9.15. The predicted octanol–water partition coefficient (Wildman–Crippen LogP) is 0.727. The Bertz CT molecular complexity index is 430. The van der Waals surface area contributed by atoms with E-state index in [1.165, 1.54) is 0 Å². The van der Waals surface area contributed by atoms with Crippen molar-refractivity contribution in [3.05, 3.63) is 29.6 Å². The monoisotopic (exact) mass is 263 g/mol. The third-order valence-corrected chi connectivity index (χ3v) is 3.18. The number of amides is 1. The van der Waals surface area contributed by atoms with Gasteiger partial charge in [0.2, 0.25) is 5.91 Å². The van der Waals surface area contributed by atoms with Crippen LogP contribution in [-0.4, -0.2) is 48.6 Å². The molecule has 1 fully saturated rings. The average molecular weight is 263 g/mol. The molecule has 104 valence electrons. The Hall–Kier alpha value is -1.46. The fraction of sp³-hybridized carbons (Fsp3) is 0.571. The van der Waals surface area contributed by atoms with Gasteiger partial charge in [0.15, 0.2) is 0 Å². The van der Waals surface area contributed by atoms with Gasteiger partial charge in [0.1, 0.15) is 0 Å². The largest absolute Gasteiger partial charge is 0.375 e. The van der Waals surface area contributed by atoms with Crippen LogP contribution in [0.4, 0.5) is 0 Å². The van der Waals surface area contributed by atoms with Crippen LogP contribution in [0.25, 0.3) is 0 Å². The second-order valence-corrected chi connectivity index (χ2v) is 4.92. The maximum Gasteiger partial charge on any atom is 0.225 e. The predicted molar refractivity (Wildman–Crippen MR) is 72.7 cm³/mol. The number of hydrogen-bond acceptors (Lipinski definition) is 4. The van der Waals surface area contributed by atoms with E-state index >= 15 is 0 Å². The summed E-state index contributed by atoms with van der Waals surface area (Å²) in [5.41, 5.74) is 1.89. The summed E-state index contributed by atoms with van der Waals surface area (Å²) >= 11 is 0. The topological polar surface area (TPSA) is 54.5 Å². The zero-order chi connectivity index (χ0) is 13.7. The van der Waals surface area contributed by atoms with E-state index in [4.69, 9.17) is 4.74 Å². The van der Waals surface area contributed by atoms with Crippen molar-refractivity contribution in [2.24, 2.45) is 0 Å². The van der Waals surface area contributed by atoms with Crippen molar-refractivity contribution in [1.29, 1.82) is 0 Å². The van der Waals surface area contributed by atoms with Crippen LogP contribution in [0.15, 0.2) is 18.2 Å². The molecule has 1 aromatic rings. The number of rotatable bonds is 4. The van der Waals surface area contributed by atoms with Gasteiger partial charge in [0.25, 0.3) is 0 Å². The summed E-state index contributed by atoms with van der Waals surface area (Å²) in [6.45, 7) is 4.80. The van der Waals surface area contributed by atoms with E-state index in [1.807, 2.05) is 32.2 Å². The zero-order valence-corrected chi connectivity index (χ0v) is 11.6. The normalized spacial score (nSPS) is 19.2. The summed E-state index contributed by atoms with van der Waals surface area (Å²) in [5.74, 6) is 0.0945. The van der Waals surface area contributed by atoms with Crippen molar-refractivity contribution in [1.82, 2.24) is 15.2 Å². The number of hydrogen-bond donors (Lipinski definition) is 1. The van der Waals surface area contributed by atoms with Crippen LogP contribution < -0.4 is 5.32 Å². The lowest BCUT2D eigenvalue weighted by Crippen LogP contribution is -2.41. The van der Waals surface area contributed by atoms with Gasteiger partial charge in [-0.3, -0.25) is 9.78 Å². The summed E-state index contributed by atoms with van der Waals surface area (Å²) in [7, 11) is 1.81. The minimum absolute atomic E-state index is 0.00540. The summed E-state index contributed by atoms with van der Waals surface area (Å²) < 4.78 is 5.54. The number of aryl methyl sites for hydroxylation is 1. The molecule has 0 aliphatic carbocycles. The van der Waals surface area contributed by atoms with Gasteiger partial charge in [-0.1, -0.05) is 6.07 Å². The second-order valence-electron chi connectivity index (χ2n) is 4.92. The van der Waals surface area contributed by atoms with E-state index in [9.17, 15) is 4.79 Å². The summed E-state index contributed by atoms with van der Waals surface area (Å²) in [6.07, 6.45) is 0.421. The SMILES string of the molecule is Cc1cccc(CN(C)C(=O)CC2CNCCO2)n1. The molecule has 1 saturated heterocycles. The number of nitrogens with one attached hydrogen (secondary N) is 1. The molecule has 0 bridgehead atoms. The van der Waals surface area contributed by atoms with Gasteiger partial charge < -0.3 is 15.0 Å². The Kier molecular flexibility index (Phi) is 4.87. The molecule has 2 rings (SSSR count). The van der Waals surface area contributed by atoms with E-state index in [2.05, 4.69) is 10.3 Å². The van der Waals surface area contributed by atoms with Gasteiger partial charge in [-0.05, 0) is 19.1 Å². The Morgan fingerprint density at radius 2 is 2.42 bits per heavy atom. The molecule has 0 radical (unpaired) electrons. The lowest BCUT2D eigenvalue weighted by molar-refractivity contribution is -0.134. The van der Waals surface area contributed by atoms with Crippen LogP contribution in [0.2, 0.25) is 0 Å². The van der Waals surface area contributed by atoms with Gasteiger partial charge in [0, 0.05) is 25.8 Å². The second kappa shape index (κ2) is 6.63. The van der Waals surface area contributed by atoms with Crippen LogP contribution in [0.1, 0.15) is 17.8 Å². The number of pyridine rings is 1. The lowest BCUT2D eigenvalue weighted by Gasteiger charge is -2.25. The van der Waals surface area contributed by atoms with Crippen LogP contribution in [-0.2, 0) is 16.1 Å². The zero-order valence-electron chi connectivity index (χ0n) is 11.6. The van der Waals surface area contributed by atoms with Gasteiger partial charge >= 0.3 is 0 Å². The third kappa shape index (κ3) is 4.29. The first kappa shape index (κ1) is 14.0. The molecule has 19 heavy (non-hydrogen) atoms. The summed E-state index contributed by atoms with van der Waals surface area (Å²) in [6, 6.07) is 5.85. The Morgan fingerprint density at radius 3 is 3.11 bits per heavy atom. The lowest BCUT2D eigenvalue weighted by atomic mass is 10.2. The Balaban J connectivity index is 1.84. The first-order valence-electron chi connectivity index (χ1n) is 6.64. The van der Waals surface area contributed by atoms with Crippen molar-refractivity contribution < 1.29 is 9.53 Å². The molecule has 5 heteroatoms. The van der Waals surface area contributed by atoms with Gasteiger partial charge in [-0.15, -0.1) is 0 Å². The van der Waals surface area contributed by atoms with Crippen molar-refractivity contribution in [3.8, 4) is 0 Å². The molecule has 2 heterocycles. The fourth-order valence-electron chi connectivity index (χ4n) is 2.12. The van der Waals surface area contributed by atoms with Crippen LogP contribution >= 0.6 is 0 Å². The standard InChI is InChI=1S/C14H21N3O2/c1-11-4-3-5-12(16-11)10-17(2)14(18)8-13-9-15-6-7-19-13/h3-5,13,15H,6-10H2,1-2H3. The van der Waals surface area contributed by atoms with E-state index in [-0.39, 0.29) is 12.0 Å². The number of nitrogens with zero attached hydrogens (tertiary/aromatic N) is 2. The maximum atomic E-state index is 12.1. The molecule has 1 atom stereocenters. The van der Waals surface area contributed by atoms with E-state index in [0.717, 1.165) is 24.5 Å². The smallest absolute Gasteiger partial charge is 0.225 e. The summed E-state index contributed by atoms with van der Waals surface area (Å²) in [5, 5.41) is 3.23. The quantitative estimate of drug-likeness (QED) is 0.870.